The van der Waals surface area contributed by atoms with Crippen molar-refractivity contribution in [2.45, 2.75) is 32.0 Å². The van der Waals surface area contributed by atoms with Crippen molar-refractivity contribution in [3.05, 3.63) is 60.4 Å². The Morgan fingerprint density at radius 3 is 2.63 bits per heavy atom. The SMILES string of the molecule is O=C1CC(CN2CCC(OCc3cccnc3)CC2)CN1c1ccccc1. The summed E-state index contributed by atoms with van der Waals surface area (Å²) in [6, 6.07) is 14.0. The second-order valence-corrected chi connectivity index (χ2v) is 7.58. The normalized spacial score (nSPS) is 21.7. The Balaban J connectivity index is 1.21. The summed E-state index contributed by atoms with van der Waals surface area (Å²) in [6.07, 6.45) is 6.76. The van der Waals surface area contributed by atoms with Crippen molar-refractivity contribution in [2.75, 3.05) is 31.1 Å². The zero-order valence-corrected chi connectivity index (χ0v) is 15.7. The standard InChI is InChI=1S/C22H27N3O2/c26-22-13-19(16-25(22)20-6-2-1-3-7-20)15-24-11-8-21(9-12-24)27-17-18-5-4-10-23-14-18/h1-7,10,14,19,21H,8-9,11-13,15-17H2. The van der Waals surface area contributed by atoms with E-state index in [0.29, 0.717) is 25.0 Å². The number of hydrogen-bond acceptors (Lipinski definition) is 4. The minimum Gasteiger partial charge on any atom is -0.373 e. The van der Waals surface area contributed by atoms with E-state index >= 15 is 0 Å². The molecule has 3 heterocycles. The molecule has 2 aliphatic rings. The van der Waals surface area contributed by atoms with Crippen LogP contribution in [-0.2, 0) is 16.1 Å². The maximum Gasteiger partial charge on any atom is 0.227 e. The number of nitrogens with zero attached hydrogens (tertiary/aromatic N) is 3. The number of benzene rings is 1. The van der Waals surface area contributed by atoms with Gasteiger partial charge in [-0.25, -0.2) is 0 Å². The van der Waals surface area contributed by atoms with Gasteiger partial charge in [-0.15, -0.1) is 0 Å². The van der Waals surface area contributed by atoms with E-state index in [9.17, 15) is 4.79 Å². The fourth-order valence-electron chi connectivity index (χ4n) is 4.08. The molecule has 2 aliphatic heterocycles. The van der Waals surface area contributed by atoms with Crippen LogP contribution in [0.3, 0.4) is 0 Å². The second-order valence-electron chi connectivity index (χ2n) is 7.58. The highest BCUT2D eigenvalue weighted by Crippen LogP contribution is 2.26. The first-order valence-electron chi connectivity index (χ1n) is 9.86. The van der Waals surface area contributed by atoms with Crippen LogP contribution in [0.25, 0.3) is 0 Å². The summed E-state index contributed by atoms with van der Waals surface area (Å²) in [5.74, 6) is 0.673. The first-order valence-corrected chi connectivity index (χ1v) is 9.86. The van der Waals surface area contributed by atoms with Crippen LogP contribution in [0.4, 0.5) is 5.69 Å². The lowest BCUT2D eigenvalue weighted by atomic mass is 10.0. The Bertz CT molecular complexity index is 730. The first kappa shape index (κ1) is 18.1. The number of carbonyl (C=O) groups is 1. The smallest absolute Gasteiger partial charge is 0.227 e. The van der Waals surface area contributed by atoms with Crippen molar-refractivity contribution in [1.29, 1.82) is 0 Å². The summed E-state index contributed by atoms with van der Waals surface area (Å²) >= 11 is 0. The lowest BCUT2D eigenvalue weighted by molar-refractivity contribution is -0.117. The third kappa shape index (κ3) is 4.73. The van der Waals surface area contributed by atoms with Gasteiger partial charge in [0.25, 0.3) is 0 Å². The van der Waals surface area contributed by atoms with E-state index in [1.165, 1.54) is 0 Å². The van der Waals surface area contributed by atoms with E-state index in [1.54, 1.807) is 6.20 Å². The van der Waals surface area contributed by atoms with Gasteiger partial charge < -0.3 is 14.5 Å². The van der Waals surface area contributed by atoms with E-state index in [1.807, 2.05) is 47.5 Å². The van der Waals surface area contributed by atoms with Gasteiger partial charge in [0, 0.05) is 50.7 Å². The molecule has 5 nitrogen and oxygen atoms in total. The van der Waals surface area contributed by atoms with Crippen LogP contribution in [-0.4, -0.2) is 48.1 Å². The number of carbonyl (C=O) groups excluding carboxylic acids is 1. The number of aromatic nitrogens is 1. The van der Waals surface area contributed by atoms with Gasteiger partial charge in [-0.3, -0.25) is 9.78 Å². The van der Waals surface area contributed by atoms with Crippen molar-refractivity contribution >= 4 is 11.6 Å². The Labute approximate surface area is 161 Å². The molecule has 0 radical (unpaired) electrons. The molecule has 1 aromatic heterocycles. The summed E-state index contributed by atoms with van der Waals surface area (Å²) in [4.78, 5) is 20.9. The monoisotopic (exact) mass is 365 g/mol. The molecule has 0 N–H and O–H groups in total. The molecule has 5 heteroatoms. The number of likely N-dealkylation sites (tertiary alicyclic amines) is 1. The van der Waals surface area contributed by atoms with Gasteiger partial charge in [0.05, 0.1) is 12.7 Å². The quantitative estimate of drug-likeness (QED) is 0.789. The molecule has 4 rings (SSSR count). The summed E-state index contributed by atoms with van der Waals surface area (Å²) in [5, 5.41) is 0. The van der Waals surface area contributed by atoms with Crippen LogP contribution in [0.15, 0.2) is 54.9 Å². The number of ether oxygens (including phenoxy) is 1. The highest BCUT2D eigenvalue weighted by Gasteiger charge is 2.32. The van der Waals surface area contributed by atoms with Gasteiger partial charge in [0.1, 0.15) is 0 Å². The van der Waals surface area contributed by atoms with Crippen LogP contribution >= 0.6 is 0 Å². The maximum atomic E-state index is 12.4. The molecule has 1 unspecified atom stereocenters. The Morgan fingerprint density at radius 1 is 1.07 bits per heavy atom. The Kier molecular flexibility index (Phi) is 5.80. The number of para-hydroxylation sites is 1. The highest BCUT2D eigenvalue weighted by molar-refractivity contribution is 5.95. The number of rotatable bonds is 6. The molecule has 27 heavy (non-hydrogen) atoms. The van der Waals surface area contributed by atoms with Crippen molar-refractivity contribution in [3.8, 4) is 0 Å². The minimum absolute atomic E-state index is 0.251. The largest absolute Gasteiger partial charge is 0.373 e. The third-order valence-electron chi connectivity index (χ3n) is 5.53. The van der Waals surface area contributed by atoms with E-state index in [0.717, 1.165) is 50.3 Å². The Morgan fingerprint density at radius 2 is 1.89 bits per heavy atom. The number of amides is 1. The number of piperidine rings is 1. The predicted molar refractivity (Wildman–Crippen MR) is 105 cm³/mol. The maximum absolute atomic E-state index is 12.4. The molecule has 2 saturated heterocycles. The molecule has 0 aliphatic carbocycles. The molecule has 1 amide bonds. The molecule has 0 spiro atoms. The average Bonchev–Trinajstić information content (AvgIpc) is 3.09. The summed E-state index contributed by atoms with van der Waals surface area (Å²) < 4.78 is 6.05. The van der Waals surface area contributed by atoms with Gasteiger partial charge >= 0.3 is 0 Å². The third-order valence-corrected chi connectivity index (χ3v) is 5.53. The van der Waals surface area contributed by atoms with Gasteiger partial charge in [-0.2, -0.15) is 0 Å². The number of pyridine rings is 1. The van der Waals surface area contributed by atoms with Crippen molar-refractivity contribution in [3.63, 3.8) is 0 Å². The van der Waals surface area contributed by atoms with Crippen LogP contribution < -0.4 is 4.90 Å². The molecular formula is C22H27N3O2. The lowest BCUT2D eigenvalue weighted by Crippen LogP contribution is -2.40. The average molecular weight is 365 g/mol. The van der Waals surface area contributed by atoms with Crippen LogP contribution in [0.2, 0.25) is 0 Å². The molecule has 2 aromatic rings. The van der Waals surface area contributed by atoms with E-state index in [2.05, 4.69) is 16.0 Å². The molecule has 1 atom stereocenters. The van der Waals surface area contributed by atoms with E-state index < -0.39 is 0 Å². The van der Waals surface area contributed by atoms with Crippen molar-refractivity contribution in [1.82, 2.24) is 9.88 Å². The molecule has 0 bridgehead atoms. The topological polar surface area (TPSA) is 45.7 Å². The molecular weight excluding hydrogens is 338 g/mol. The fourth-order valence-corrected chi connectivity index (χ4v) is 4.08. The van der Waals surface area contributed by atoms with Gasteiger partial charge in [-0.05, 0) is 42.5 Å². The summed E-state index contributed by atoms with van der Waals surface area (Å²) in [5.41, 5.74) is 2.15. The van der Waals surface area contributed by atoms with Crippen LogP contribution in [0, 0.1) is 5.92 Å². The predicted octanol–water partition coefficient (Wildman–Crippen LogP) is 3.12. The summed E-state index contributed by atoms with van der Waals surface area (Å²) in [7, 11) is 0. The highest BCUT2D eigenvalue weighted by atomic mass is 16.5. The summed E-state index contributed by atoms with van der Waals surface area (Å²) in [6.45, 7) is 4.58. The lowest BCUT2D eigenvalue weighted by Gasteiger charge is -2.33. The van der Waals surface area contributed by atoms with Gasteiger partial charge in [-0.1, -0.05) is 24.3 Å². The molecule has 1 aromatic carbocycles. The molecule has 0 saturated carbocycles. The van der Waals surface area contributed by atoms with E-state index in [4.69, 9.17) is 4.74 Å². The number of anilines is 1. The molecule has 142 valence electrons. The number of hydrogen-bond donors (Lipinski definition) is 0. The zero-order valence-electron chi connectivity index (χ0n) is 15.7. The van der Waals surface area contributed by atoms with Crippen LogP contribution in [0.5, 0.6) is 0 Å². The molecule has 2 fully saturated rings. The minimum atomic E-state index is 0.251. The van der Waals surface area contributed by atoms with Crippen LogP contribution in [0.1, 0.15) is 24.8 Å². The second kappa shape index (κ2) is 8.63. The fraction of sp³-hybridized carbons (Fsp3) is 0.455. The van der Waals surface area contributed by atoms with Gasteiger partial charge in [0.2, 0.25) is 5.91 Å². The Hall–Kier alpha value is -2.24. The van der Waals surface area contributed by atoms with Crippen molar-refractivity contribution < 1.29 is 9.53 Å². The van der Waals surface area contributed by atoms with Gasteiger partial charge in [0.15, 0.2) is 0 Å². The first-order chi connectivity index (χ1) is 13.3. The zero-order chi connectivity index (χ0) is 18.5. The van der Waals surface area contributed by atoms with E-state index in [-0.39, 0.29) is 5.91 Å². The van der Waals surface area contributed by atoms with Crippen molar-refractivity contribution in [2.24, 2.45) is 5.92 Å².